The second-order valence-electron chi connectivity index (χ2n) is 4.65. The van der Waals surface area contributed by atoms with Crippen LogP contribution in [0.15, 0.2) is 34.9 Å². The van der Waals surface area contributed by atoms with Gasteiger partial charge in [-0.05, 0) is 48.6 Å². The number of rotatable bonds is 4. The Hall–Kier alpha value is -2.23. The second kappa shape index (κ2) is 4.80. The number of benzene rings is 1. The van der Waals surface area contributed by atoms with Crippen molar-refractivity contribution in [3.05, 3.63) is 53.0 Å². The van der Waals surface area contributed by atoms with Gasteiger partial charge < -0.3 is 14.3 Å². The van der Waals surface area contributed by atoms with Crippen LogP contribution in [-0.4, -0.2) is 11.1 Å². The third-order valence-electron chi connectivity index (χ3n) is 3.41. The summed E-state index contributed by atoms with van der Waals surface area (Å²) in [5, 5.41) is 8.93. The molecule has 4 nitrogen and oxygen atoms in total. The Bertz CT molecular complexity index is 612. The maximum absolute atomic E-state index is 10.9. The van der Waals surface area contributed by atoms with Gasteiger partial charge in [-0.3, -0.25) is 0 Å². The molecule has 1 aliphatic rings. The molecule has 0 saturated carbocycles. The lowest BCUT2D eigenvalue weighted by molar-refractivity contribution is 0.0658. The highest BCUT2D eigenvalue weighted by molar-refractivity contribution is 5.86. The minimum absolute atomic E-state index is 0.0545. The number of fused-ring (bicyclic) bond motifs is 1. The predicted octanol–water partition coefficient (Wildman–Crippen LogP) is 3.05. The van der Waals surface area contributed by atoms with Gasteiger partial charge in [0.25, 0.3) is 0 Å². The van der Waals surface area contributed by atoms with E-state index in [-0.39, 0.29) is 12.4 Å². The van der Waals surface area contributed by atoms with Crippen molar-refractivity contribution in [3.8, 4) is 5.75 Å². The number of carbonyl (C=O) groups is 1. The highest BCUT2D eigenvalue weighted by Gasteiger charge is 2.15. The number of carboxylic acid groups (broad SMARTS) is 1. The third-order valence-corrected chi connectivity index (χ3v) is 3.41. The van der Waals surface area contributed by atoms with Crippen molar-refractivity contribution >= 4 is 5.97 Å². The average Bonchev–Trinajstić information content (AvgIpc) is 3.04. The minimum Gasteiger partial charge on any atom is -0.489 e. The van der Waals surface area contributed by atoms with Crippen LogP contribution in [0.1, 0.15) is 33.7 Å². The van der Waals surface area contributed by atoms with E-state index in [0.29, 0.717) is 5.56 Å². The molecule has 1 aromatic carbocycles. The first kappa shape index (κ1) is 11.8. The maximum Gasteiger partial charge on any atom is 0.372 e. The van der Waals surface area contributed by atoms with Crippen LogP contribution < -0.4 is 4.74 Å². The summed E-state index contributed by atoms with van der Waals surface area (Å²) in [6, 6.07) is 7.69. The lowest BCUT2D eigenvalue weighted by atomic mass is 10.1. The first-order valence-corrected chi connectivity index (χ1v) is 6.28. The molecular weight excluding hydrogens is 244 g/mol. The van der Waals surface area contributed by atoms with Crippen molar-refractivity contribution < 1.29 is 19.1 Å². The van der Waals surface area contributed by atoms with Crippen LogP contribution in [0.5, 0.6) is 5.75 Å². The molecule has 1 aliphatic carbocycles. The number of ether oxygens (including phenoxy) is 1. The first-order valence-electron chi connectivity index (χ1n) is 6.28. The van der Waals surface area contributed by atoms with Gasteiger partial charge in [0.05, 0.1) is 6.26 Å². The van der Waals surface area contributed by atoms with Crippen molar-refractivity contribution in [2.24, 2.45) is 0 Å². The van der Waals surface area contributed by atoms with Gasteiger partial charge >= 0.3 is 5.97 Å². The third kappa shape index (κ3) is 2.34. The SMILES string of the molecule is O=C(O)c1occc1COc1ccc2c(c1)CCC2. The predicted molar refractivity (Wildman–Crippen MR) is 68.5 cm³/mol. The summed E-state index contributed by atoms with van der Waals surface area (Å²) < 4.78 is 10.6. The van der Waals surface area contributed by atoms with Crippen molar-refractivity contribution in [1.82, 2.24) is 0 Å². The van der Waals surface area contributed by atoms with Gasteiger partial charge in [0.1, 0.15) is 12.4 Å². The summed E-state index contributed by atoms with van der Waals surface area (Å²) in [7, 11) is 0. The van der Waals surface area contributed by atoms with Gasteiger partial charge in [0, 0.05) is 5.56 Å². The molecule has 3 rings (SSSR count). The number of carboxylic acids is 1. The Labute approximate surface area is 110 Å². The van der Waals surface area contributed by atoms with Crippen LogP contribution in [0.4, 0.5) is 0 Å². The number of hydrogen-bond donors (Lipinski definition) is 1. The quantitative estimate of drug-likeness (QED) is 0.915. The standard InChI is InChI=1S/C15H14O4/c16-15(17)14-12(6-7-18-14)9-19-13-5-4-10-2-1-3-11(10)8-13/h4-8H,1-3,9H2,(H,16,17). The molecular formula is C15H14O4. The zero-order chi connectivity index (χ0) is 13.2. The molecule has 4 heteroatoms. The minimum atomic E-state index is -1.07. The Kier molecular flexibility index (Phi) is 2.99. The van der Waals surface area contributed by atoms with Crippen LogP contribution in [-0.2, 0) is 19.4 Å². The van der Waals surface area contributed by atoms with Crippen molar-refractivity contribution in [2.75, 3.05) is 0 Å². The fourth-order valence-corrected chi connectivity index (χ4v) is 2.44. The van der Waals surface area contributed by atoms with Gasteiger partial charge in [-0.25, -0.2) is 4.79 Å². The summed E-state index contributed by atoms with van der Waals surface area (Å²) in [4.78, 5) is 10.9. The Morgan fingerprint density at radius 3 is 2.95 bits per heavy atom. The molecule has 0 saturated heterocycles. The van der Waals surface area contributed by atoms with E-state index in [4.69, 9.17) is 14.3 Å². The van der Waals surface area contributed by atoms with Gasteiger partial charge in [-0.15, -0.1) is 0 Å². The molecule has 0 aliphatic heterocycles. The van der Waals surface area contributed by atoms with Gasteiger partial charge in [-0.1, -0.05) is 6.07 Å². The van der Waals surface area contributed by atoms with E-state index >= 15 is 0 Å². The Balaban J connectivity index is 1.72. The largest absolute Gasteiger partial charge is 0.489 e. The Morgan fingerprint density at radius 1 is 1.26 bits per heavy atom. The van der Waals surface area contributed by atoms with Crippen LogP contribution in [0.25, 0.3) is 0 Å². The van der Waals surface area contributed by atoms with E-state index in [2.05, 4.69) is 6.07 Å². The molecule has 1 heterocycles. The maximum atomic E-state index is 10.9. The topological polar surface area (TPSA) is 59.7 Å². The molecule has 0 amide bonds. The summed E-state index contributed by atoms with van der Waals surface area (Å²) in [6.07, 6.45) is 4.80. The van der Waals surface area contributed by atoms with Gasteiger partial charge in [-0.2, -0.15) is 0 Å². The molecule has 0 atom stereocenters. The molecule has 0 fully saturated rings. The van der Waals surface area contributed by atoms with Crippen LogP contribution in [0.3, 0.4) is 0 Å². The molecule has 98 valence electrons. The molecule has 1 aromatic heterocycles. The van der Waals surface area contributed by atoms with Crippen LogP contribution in [0.2, 0.25) is 0 Å². The van der Waals surface area contributed by atoms with Crippen molar-refractivity contribution in [3.63, 3.8) is 0 Å². The second-order valence-corrected chi connectivity index (χ2v) is 4.65. The zero-order valence-corrected chi connectivity index (χ0v) is 10.4. The number of furan rings is 1. The molecule has 0 bridgehead atoms. The van der Waals surface area contributed by atoms with E-state index in [9.17, 15) is 4.79 Å². The fraction of sp³-hybridized carbons (Fsp3) is 0.267. The molecule has 0 radical (unpaired) electrons. The van der Waals surface area contributed by atoms with Crippen LogP contribution >= 0.6 is 0 Å². The van der Waals surface area contributed by atoms with E-state index in [0.717, 1.165) is 18.6 Å². The number of aromatic carboxylic acids is 1. The van der Waals surface area contributed by atoms with Crippen LogP contribution in [0, 0.1) is 0 Å². The highest BCUT2D eigenvalue weighted by Crippen LogP contribution is 2.26. The smallest absolute Gasteiger partial charge is 0.372 e. The Morgan fingerprint density at radius 2 is 2.11 bits per heavy atom. The summed E-state index contributed by atoms with van der Waals surface area (Å²) >= 11 is 0. The van der Waals surface area contributed by atoms with E-state index in [1.165, 1.54) is 23.8 Å². The lowest BCUT2D eigenvalue weighted by Crippen LogP contribution is -2.02. The molecule has 19 heavy (non-hydrogen) atoms. The summed E-state index contributed by atoms with van der Waals surface area (Å²) in [5.41, 5.74) is 3.28. The van der Waals surface area contributed by atoms with Gasteiger partial charge in [0.15, 0.2) is 0 Å². The monoisotopic (exact) mass is 258 g/mol. The molecule has 2 aromatic rings. The fourth-order valence-electron chi connectivity index (χ4n) is 2.44. The van der Waals surface area contributed by atoms with E-state index in [1.54, 1.807) is 6.07 Å². The first-order chi connectivity index (χ1) is 9.24. The van der Waals surface area contributed by atoms with E-state index < -0.39 is 5.97 Å². The molecule has 0 spiro atoms. The average molecular weight is 258 g/mol. The number of hydrogen-bond acceptors (Lipinski definition) is 3. The lowest BCUT2D eigenvalue weighted by Gasteiger charge is -2.07. The normalized spacial score (nSPS) is 13.3. The summed E-state index contributed by atoms with van der Waals surface area (Å²) in [5.74, 6) is -0.350. The van der Waals surface area contributed by atoms with E-state index in [1.807, 2.05) is 12.1 Å². The van der Waals surface area contributed by atoms with Crippen molar-refractivity contribution in [1.29, 1.82) is 0 Å². The summed E-state index contributed by atoms with van der Waals surface area (Å²) in [6.45, 7) is 0.205. The van der Waals surface area contributed by atoms with Crippen molar-refractivity contribution in [2.45, 2.75) is 25.9 Å². The zero-order valence-electron chi connectivity index (χ0n) is 10.4. The molecule has 1 N–H and O–H groups in total. The number of aryl methyl sites for hydroxylation is 2. The molecule has 0 unspecified atom stereocenters. The highest BCUT2D eigenvalue weighted by atomic mass is 16.5. The van der Waals surface area contributed by atoms with Gasteiger partial charge in [0.2, 0.25) is 5.76 Å².